The van der Waals surface area contributed by atoms with E-state index in [4.69, 9.17) is 0 Å². The molecule has 0 N–H and O–H groups in total. The second-order valence-corrected chi connectivity index (χ2v) is 5.70. The second kappa shape index (κ2) is 5.27. The Balaban J connectivity index is 2.44. The van der Waals surface area contributed by atoms with E-state index in [1.807, 2.05) is 11.4 Å². The third-order valence-electron chi connectivity index (χ3n) is 2.82. The first-order valence-electron chi connectivity index (χ1n) is 5.53. The van der Waals surface area contributed by atoms with Crippen molar-refractivity contribution in [1.82, 2.24) is 4.98 Å². The lowest BCUT2D eigenvalue weighted by Gasteiger charge is -2.04. The second-order valence-electron chi connectivity index (χ2n) is 3.98. The number of benzene rings is 1. The smallest absolute Gasteiger partial charge is 0.134 e. The summed E-state index contributed by atoms with van der Waals surface area (Å²) in [5.41, 5.74) is 1.61. The van der Waals surface area contributed by atoms with Crippen molar-refractivity contribution in [3.05, 3.63) is 39.6 Å². The molecular weight excluding hydrogens is 301 g/mol. The first kappa shape index (κ1) is 12.7. The van der Waals surface area contributed by atoms with Crippen LogP contribution in [0.5, 0.6) is 0 Å². The molecule has 0 spiro atoms. The van der Waals surface area contributed by atoms with Crippen LogP contribution in [0.4, 0.5) is 4.39 Å². The van der Waals surface area contributed by atoms with Gasteiger partial charge in [-0.1, -0.05) is 19.9 Å². The predicted molar refractivity (Wildman–Crippen MR) is 73.9 cm³/mol. The highest BCUT2D eigenvalue weighted by Gasteiger charge is 2.15. The molecule has 0 amide bonds. The van der Waals surface area contributed by atoms with Crippen LogP contribution >= 0.6 is 27.3 Å². The largest absolute Gasteiger partial charge is 0.241 e. The highest BCUT2D eigenvalue weighted by Crippen LogP contribution is 2.34. The fourth-order valence-electron chi connectivity index (χ4n) is 1.54. The average molecular weight is 314 g/mol. The summed E-state index contributed by atoms with van der Waals surface area (Å²) in [6.45, 7) is 4.26. The summed E-state index contributed by atoms with van der Waals surface area (Å²) in [4.78, 5) is 4.52. The van der Waals surface area contributed by atoms with Crippen LogP contribution in [-0.4, -0.2) is 4.98 Å². The zero-order chi connectivity index (χ0) is 12.4. The SMILES string of the molecule is CCC(C)c1csc(-c2c(F)cccc2Br)n1. The zero-order valence-electron chi connectivity index (χ0n) is 9.71. The van der Waals surface area contributed by atoms with Gasteiger partial charge in [-0.3, -0.25) is 0 Å². The standard InChI is InChI=1S/C13H13BrFNS/c1-3-8(2)11-7-17-13(16-11)12-9(14)5-4-6-10(12)15/h4-8H,3H2,1-2H3. The molecule has 1 unspecified atom stereocenters. The van der Waals surface area contributed by atoms with Gasteiger partial charge in [-0.15, -0.1) is 11.3 Å². The van der Waals surface area contributed by atoms with Crippen LogP contribution in [-0.2, 0) is 0 Å². The molecule has 0 aliphatic rings. The van der Waals surface area contributed by atoms with Crippen LogP contribution in [0.2, 0.25) is 0 Å². The van der Waals surface area contributed by atoms with E-state index < -0.39 is 0 Å². The molecule has 2 aromatic rings. The maximum absolute atomic E-state index is 13.8. The Morgan fingerprint density at radius 3 is 2.88 bits per heavy atom. The Morgan fingerprint density at radius 2 is 2.24 bits per heavy atom. The van der Waals surface area contributed by atoms with Gasteiger partial charge in [-0.2, -0.15) is 0 Å². The van der Waals surface area contributed by atoms with Gasteiger partial charge in [-0.25, -0.2) is 9.37 Å². The van der Waals surface area contributed by atoms with Gasteiger partial charge < -0.3 is 0 Å². The Labute approximate surface area is 113 Å². The molecule has 0 aliphatic carbocycles. The minimum absolute atomic E-state index is 0.232. The highest BCUT2D eigenvalue weighted by atomic mass is 79.9. The quantitative estimate of drug-likeness (QED) is 0.756. The fourth-order valence-corrected chi connectivity index (χ4v) is 3.20. The zero-order valence-corrected chi connectivity index (χ0v) is 12.1. The highest BCUT2D eigenvalue weighted by molar-refractivity contribution is 9.10. The van der Waals surface area contributed by atoms with Gasteiger partial charge in [0.25, 0.3) is 0 Å². The lowest BCUT2D eigenvalue weighted by molar-refractivity contribution is 0.630. The molecule has 0 saturated carbocycles. The Hall–Kier alpha value is -0.740. The molecule has 0 radical (unpaired) electrons. The molecular formula is C13H13BrFNS. The van der Waals surface area contributed by atoms with Gasteiger partial charge in [0.1, 0.15) is 10.8 Å². The van der Waals surface area contributed by atoms with Gasteiger partial charge in [0.15, 0.2) is 0 Å². The average Bonchev–Trinajstić information content (AvgIpc) is 2.77. The topological polar surface area (TPSA) is 12.9 Å². The molecule has 1 aromatic heterocycles. The molecule has 17 heavy (non-hydrogen) atoms. The van der Waals surface area contributed by atoms with E-state index in [0.717, 1.165) is 21.6 Å². The lowest BCUT2D eigenvalue weighted by atomic mass is 10.1. The van der Waals surface area contributed by atoms with E-state index in [9.17, 15) is 4.39 Å². The van der Waals surface area contributed by atoms with E-state index in [1.54, 1.807) is 6.07 Å². The maximum Gasteiger partial charge on any atom is 0.134 e. The minimum atomic E-state index is -0.232. The van der Waals surface area contributed by atoms with Crippen LogP contribution in [0, 0.1) is 5.82 Å². The minimum Gasteiger partial charge on any atom is -0.241 e. The van der Waals surface area contributed by atoms with Crippen LogP contribution in [0.3, 0.4) is 0 Å². The summed E-state index contributed by atoms with van der Waals surface area (Å²) in [6, 6.07) is 4.99. The van der Waals surface area contributed by atoms with Crippen LogP contribution in [0.15, 0.2) is 28.1 Å². The normalized spacial score (nSPS) is 12.7. The predicted octanol–water partition coefficient (Wildman–Crippen LogP) is 5.23. The lowest BCUT2D eigenvalue weighted by Crippen LogP contribution is -1.92. The van der Waals surface area contributed by atoms with Crippen molar-refractivity contribution in [2.75, 3.05) is 0 Å². The molecule has 1 nitrogen and oxygen atoms in total. The monoisotopic (exact) mass is 313 g/mol. The molecule has 1 heterocycles. The van der Waals surface area contributed by atoms with E-state index in [1.165, 1.54) is 17.4 Å². The summed E-state index contributed by atoms with van der Waals surface area (Å²) in [5.74, 6) is 0.190. The van der Waals surface area contributed by atoms with Gasteiger partial charge in [0.05, 0.1) is 11.3 Å². The van der Waals surface area contributed by atoms with E-state index in [2.05, 4.69) is 34.8 Å². The summed E-state index contributed by atoms with van der Waals surface area (Å²) >= 11 is 4.87. The maximum atomic E-state index is 13.8. The fraction of sp³-hybridized carbons (Fsp3) is 0.308. The molecule has 1 atom stereocenters. The molecule has 4 heteroatoms. The third-order valence-corrected chi connectivity index (χ3v) is 4.35. The number of nitrogens with zero attached hydrogens (tertiary/aromatic N) is 1. The third kappa shape index (κ3) is 2.58. The van der Waals surface area contributed by atoms with Gasteiger partial charge >= 0.3 is 0 Å². The van der Waals surface area contributed by atoms with Crippen molar-refractivity contribution >= 4 is 27.3 Å². The molecule has 0 bridgehead atoms. The Kier molecular flexibility index (Phi) is 3.94. The molecule has 0 saturated heterocycles. The number of aromatic nitrogens is 1. The van der Waals surface area contributed by atoms with Crippen LogP contribution in [0.1, 0.15) is 31.9 Å². The van der Waals surface area contributed by atoms with Crippen molar-refractivity contribution in [3.63, 3.8) is 0 Å². The van der Waals surface area contributed by atoms with Crippen molar-refractivity contribution in [3.8, 4) is 10.6 Å². The van der Waals surface area contributed by atoms with E-state index >= 15 is 0 Å². The van der Waals surface area contributed by atoms with Crippen molar-refractivity contribution in [1.29, 1.82) is 0 Å². The molecule has 90 valence electrons. The van der Waals surface area contributed by atoms with Crippen molar-refractivity contribution < 1.29 is 4.39 Å². The molecule has 1 aromatic carbocycles. The summed E-state index contributed by atoms with van der Waals surface area (Å²) in [5, 5.41) is 2.76. The van der Waals surface area contributed by atoms with Crippen molar-refractivity contribution in [2.45, 2.75) is 26.2 Å². The van der Waals surface area contributed by atoms with E-state index in [0.29, 0.717) is 11.5 Å². The van der Waals surface area contributed by atoms with Crippen LogP contribution < -0.4 is 0 Å². The Morgan fingerprint density at radius 1 is 1.47 bits per heavy atom. The first-order valence-corrected chi connectivity index (χ1v) is 7.20. The first-order chi connectivity index (χ1) is 8.13. The molecule has 2 rings (SSSR count). The number of hydrogen-bond donors (Lipinski definition) is 0. The molecule has 0 fully saturated rings. The van der Waals surface area contributed by atoms with Crippen molar-refractivity contribution in [2.24, 2.45) is 0 Å². The van der Waals surface area contributed by atoms with Gasteiger partial charge in [-0.05, 0) is 40.4 Å². The molecule has 0 aliphatic heterocycles. The summed E-state index contributed by atoms with van der Waals surface area (Å²) < 4.78 is 14.5. The Bertz CT molecular complexity index is 504. The van der Waals surface area contributed by atoms with Crippen LogP contribution in [0.25, 0.3) is 10.6 Å². The number of rotatable bonds is 3. The summed E-state index contributed by atoms with van der Waals surface area (Å²) in [7, 11) is 0. The number of hydrogen-bond acceptors (Lipinski definition) is 2. The van der Waals surface area contributed by atoms with E-state index in [-0.39, 0.29) is 5.82 Å². The number of thiazole rings is 1. The summed E-state index contributed by atoms with van der Waals surface area (Å²) in [6.07, 6.45) is 1.04. The number of halogens is 2. The van der Waals surface area contributed by atoms with Gasteiger partial charge in [0.2, 0.25) is 0 Å². The van der Waals surface area contributed by atoms with Gasteiger partial charge in [0, 0.05) is 9.85 Å².